The monoisotopic (exact) mass is 277 g/mol. The Bertz CT molecular complexity index is 573. The van der Waals surface area contributed by atoms with Crippen molar-refractivity contribution in [3.63, 3.8) is 0 Å². The summed E-state index contributed by atoms with van der Waals surface area (Å²) < 4.78 is 0. The summed E-state index contributed by atoms with van der Waals surface area (Å²) in [6.07, 6.45) is 1.52. The van der Waals surface area contributed by atoms with Crippen molar-refractivity contribution in [1.82, 2.24) is 15.0 Å². The van der Waals surface area contributed by atoms with Gasteiger partial charge in [0.25, 0.3) is 0 Å². The second-order valence-corrected chi connectivity index (χ2v) is 4.54. The number of anilines is 2. The first-order valence-electron chi connectivity index (χ1n) is 6.05. The minimum atomic E-state index is 0.194. The number of halogens is 1. The minimum Gasteiger partial charge on any atom is -0.394 e. The quantitative estimate of drug-likeness (QED) is 0.870. The average Bonchev–Trinajstić information content (AvgIpc) is 2.39. The summed E-state index contributed by atoms with van der Waals surface area (Å²) in [4.78, 5) is 14.6. The molecule has 100 valence electrons. The van der Waals surface area contributed by atoms with Gasteiger partial charge in [-0.1, -0.05) is 6.07 Å². The topological polar surface area (TPSA) is 67.9 Å². The Morgan fingerprint density at radius 2 is 2.11 bits per heavy atom. The third-order valence-electron chi connectivity index (χ3n) is 2.75. The lowest BCUT2D eigenvalue weighted by atomic mass is 10.3. The van der Waals surface area contributed by atoms with E-state index in [0.717, 1.165) is 17.9 Å². The molecule has 0 bridgehead atoms. The lowest BCUT2D eigenvalue weighted by Gasteiger charge is -2.22. The fraction of sp³-hybridized carbons (Fsp3) is 0.308. The van der Waals surface area contributed by atoms with Crippen molar-refractivity contribution in [3.8, 4) is 0 Å². The van der Waals surface area contributed by atoms with Crippen LogP contribution in [0.15, 0.2) is 24.4 Å². The van der Waals surface area contributed by atoms with E-state index in [1.165, 1.54) is 6.20 Å². The van der Waals surface area contributed by atoms with Crippen LogP contribution in [0.3, 0.4) is 0 Å². The third kappa shape index (κ3) is 3.32. The summed E-state index contributed by atoms with van der Waals surface area (Å²) in [5.74, 6) is 0.644. The van der Waals surface area contributed by atoms with Crippen molar-refractivity contribution in [2.45, 2.75) is 20.4 Å². The molecule has 0 saturated heterocycles. The Hall–Kier alpha value is -1.88. The highest BCUT2D eigenvalue weighted by molar-refractivity contribution is 6.28. The van der Waals surface area contributed by atoms with Crippen molar-refractivity contribution in [3.05, 3.63) is 41.1 Å². The normalized spacial score (nSPS) is 10.5. The molecule has 5 nitrogen and oxygen atoms in total. The van der Waals surface area contributed by atoms with Crippen LogP contribution in [0.2, 0.25) is 5.28 Å². The molecule has 0 unspecified atom stereocenters. The van der Waals surface area contributed by atoms with Gasteiger partial charge in [-0.3, -0.25) is 4.98 Å². The first-order valence-corrected chi connectivity index (χ1v) is 6.43. The van der Waals surface area contributed by atoms with Gasteiger partial charge < -0.3 is 10.6 Å². The maximum atomic E-state index is 5.90. The molecule has 0 aliphatic heterocycles. The molecule has 6 heteroatoms. The van der Waals surface area contributed by atoms with Gasteiger partial charge in [0, 0.05) is 12.2 Å². The van der Waals surface area contributed by atoms with Gasteiger partial charge in [0.05, 0.1) is 24.1 Å². The van der Waals surface area contributed by atoms with E-state index in [0.29, 0.717) is 18.1 Å². The van der Waals surface area contributed by atoms with Crippen molar-refractivity contribution in [1.29, 1.82) is 0 Å². The number of hydrogen-bond acceptors (Lipinski definition) is 5. The van der Waals surface area contributed by atoms with Crippen LogP contribution in [-0.4, -0.2) is 21.5 Å². The fourth-order valence-electron chi connectivity index (χ4n) is 1.83. The van der Waals surface area contributed by atoms with Crippen molar-refractivity contribution >= 4 is 23.1 Å². The molecular weight excluding hydrogens is 262 g/mol. The maximum Gasteiger partial charge on any atom is 0.224 e. The van der Waals surface area contributed by atoms with E-state index in [9.17, 15) is 0 Å². The molecule has 0 atom stereocenters. The summed E-state index contributed by atoms with van der Waals surface area (Å²) in [5, 5.41) is 0.194. The SMILES string of the molecule is CCN(Cc1cccc(C)n1)c1nc(Cl)ncc1N. The number of nitrogens with zero attached hydrogens (tertiary/aromatic N) is 4. The first kappa shape index (κ1) is 13.5. The zero-order valence-electron chi connectivity index (χ0n) is 11.0. The van der Waals surface area contributed by atoms with E-state index in [1.807, 2.05) is 36.9 Å². The van der Waals surface area contributed by atoms with E-state index in [4.69, 9.17) is 17.3 Å². The Balaban J connectivity index is 2.27. The molecule has 0 fully saturated rings. The van der Waals surface area contributed by atoms with Gasteiger partial charge in [-0.05, 0) is 37.6 Å². The molecule has 0 radical (unpaired) electrons. The van der Waals surface area contributed by atoms with Crippen LogP contribution in [0.5, 0.6) is 0 Å². The number of pyridine rings is 1. The van der Waals surface area contributed by atoms with E-state index >= 15 is 0 Å². The summed E-state index contributed by atoms with van der Waals surface area (Å²) in [7, 11) is 0. The van der Waals surface area contributed by atoms with Gasteiger partial charge in [-0.15, -0.1) is 0 Å². The molecule has 2 aromatic heterocycles. The molecule has 2 aromatic rings. The first-order chi connectivity index (χ1) is 9.10. The standard InChI is InChI=1S/C13H16ClN5/c1-3-19(8-10-6-4-5-9(2)17-10)12-11(15)7-16-13(14)18-12/h4-7H,3,8,15H2,1-2H3. The van der Waals surface area contributed by atoms with Gasteiger partial charge in [0.15, 0.2) is 5.82 Å². The van der Waals surface area contributed by atoms with Crippen LogP contribution in [-0.2, 0) is 6.54 Å². The molecule has 0 amide bonds. The summed E-state index contributed by atoms with van der Waals surface area (Å²) >= 11 is 5.83. The van der Waals surface area contributed by atoms with Crippen LogP contribution < -0.4 is 10.6 Å². The zero-order valence-corrected chi connectivity index (χ0v) is 11.7. The van der Waals surface area contributed by atoms with Crippen molar-refractivity contribution < 1.29 is 0 Å². The molecule has 19 heavy (non-hydrogen) atoms. The van der Waals surface area contributed by atoms with Gasteiger partial charge in [0.2, 0.25) is 5.28 Å². The Kier molecular flexibility index (Phi) is 4.16. The Morgan fingerprint density at radius 1 is 1.32 bits per heavy atom. The van der Waals surface area contributed by atoms with Gasteiger partial charge >= 0.3 is 0 Å². The highest BCUT2D eigenvalue weighted by atomic mass is 35.5. The zero-order chi connectivity index (χ0) is 13.8. The fourth-order valence-corrected chi connectivity index (χ4v) is 1.96. The number of nitrogens with two attached hydrogens (primary N) is 1. The van der Waals surface area contributed by atoms with Crippen LogP contribution in [0.4, 0.5) is 11.5 Å². The number of nitrogen functional groups attached to an aromatic ring is 1. The Labute approximate surface area is 117 Å². The number of aryl methyl sites for hydroxylation is 1. The van der Waals surface area contributed by atoms with Crippen molar-refractivity contribution in [2.75, 3.05) is 17.2 Å². The smallest absolute Gasteiger partial charge is 0.224 e. The molecule has 0 aliphatic rings. The summed E-state index contributed by atoms with van der Waals surface area (Å²) in [6.45, 7) is 5.39. The summed E-state index contributed by atoms with van der Waals surface area (Å²) in [6, 6.07) is 5.94. The lowest BCUT2D eigenvalue weighted by molar-refractivity contribution is 0.789. The van der Waals surface area contributed by atoms with Gasteiger partial charge in [0.1, 0.15) is 0 Å². The van der Waals surface area contributed by atoms with E-state index < -0.39 is 0 Å². The number of aromatic nitrogens is 3. The molecule has 2 N–H and O–H groups in total. The van der Waals surface area contributed by atoms with Crippen molar-refractivity contribution in [2.24, 2.45) is 0 Å². The molecule has 0 aromatic carbocycles. The molecule has 0 saturated carbocycles. The minimum absolute atomic E-state index is 0.194. The molecule has 2 heterocycles. The third-order valence-corrected chi connectivity index (χ3v) is 2.93. The van der Waals surface area contributed by atoms with E-state index in [1.54, 1.807) is 0 Å². The van der Waals surface area contributed by atoms with E-state index in [-0.39, 0.29) is 5.28 Å². The molecule has 0 spiro atoms. The highest BCUT2D eigenvalue weighted by Gasteiger charge is 2.12. The maximum absolute atomic E-state index is 5.90. The highest BCUT2D eigenvalue weighted by Crippen LogP contribution is 2.22. The van der Waals surface area contributed by atoms with E-state index in [2.05, 4.69) is 15.0 Å². The van der Waals surface area contributed by atoms with Gasteiger partial charge in [-0.2, -0.15) is 4.98 Å². The second kappa shape index (κ2) is 5.84. The predicted octanol–water partition coefficient (Wildman–Crippen LogP) is 2.44. The molecule has 0 aliphatic carbocycles. The van der Waals surface area contributed by atoms with Crippen LogP contribution in [0.1, 0.15) is 18.3 Å². The Morgan fingerprint density at radius 3 is 2.79 bits per heavy atom. The second-order valence-electron chi connectivity index (χ2n) is 4.20. The number of hydrogen-bond donors (Lipinski definition) is 1. The summed E-state index contributed by atoms with van der Waals surface area (Å²) in [5.41, 5.74) is 8.37. The lowest BCUT2D eigenvalue weighted by Crippen LogP contribution is -2.25. The largest absolute Gasteiger partial charge is 0.394 e. The molecular formula is C13H16ClN5. The number of rotatable bonds is 4. The van der Waals surface area contributed by atoms with Crippen LogP contribution in [0.25, 0.3) is 0 Å². The molecule has 2 rings (SSSR count). The predicted molar refractivity (Wildman–Crippen MR) is 77.2 cm³/mol. The van der Waals surface area contributed by atoms with Crippen LogP contribution in [0, 0.1) is 6.92 Å². The van der Waals surface area contributed by atoms with Crippen LogP contribution >= 0.6 is 11.6 Å². The average molecular weight is 278 g/mol. The van der Waals surface area contributed by atoms with Gasteiger partial charge in [-0.25, -0.2) is 4.98 Å².